The molecule has 0 aliphatic heterocycles. The van der Waals surface area contributed by atoms with Crippen molar-refractivity contribution < 1.29 is 14.6 Å². The van der Waals surface area contributed by atoms with E-state index in [0.29, 0.717) is 6.42 Å². The molecular weight excluding hydrogens is 462 g/mol. The Balaban J connectivity index is 1.48. The van der Waals surface area contributed by atoms with Gasteiger partial charge in [0.15, 0.2) is 0 Å². The molecule has 6 nitrogen and oxygen atoms in total. The molecule has 0 saturated carbocycles. The van der Waals surface area contributed by atoms with Gasteiger partial charge in [0.2, 0.25) is 0 Å². The van der Waals surface area contributed by atoms with Crippen molar-refractivity contribution in [3.8, 4) is 28.4 Å². The van der Waals surface area contributed by atoms with Crippen LogP contribution in [0.1, 0.15) is 75.5 Å². The maximum Gasteiger partial charge on any atom is 0.303 e. The van der Waals surface area contributed by atoms with Crippen molar-refractivity contribution in [2.45, 2.75) is 77.6 Å². The second-order valence-corrected chi connectivity index (χ2v) is 10.1. The topological polar surface area (TPSA) is 78.5 Å². The lowest BCUT2D eigenvalue weighted by atomic mass is 10.0. The molecule has 0 amide bonds. The van der Waals surface area contributed by atoms with Crippen LogP contribution in [0.4, 0.5) is 5.69 Å². The van der Waals surface area contributed by atoms with Gasteiger partial charge in [-0.3, -0.25) is 4.79 Å². The van der Waals surface area contributed by atoms with E-state index in [4.69, 9.17) is 14.8 Å². The van der Waals surface area contributed by atoms with Crippen molar-refractivity contribution in [1.29, 1.82) is 0 Å². The molecule has 0 atom stereocenters. The van der Waals surface area contributed by atoms with Crippen LogP contribution in [-0.2, 0) is 11.2 Å². The number of aliphatic carboxylic acids is 1. The van der Waals surface area contributed by atoms with Gasteiger partial charge in [0.25, 0.3) is 0 Å². The summed E-state index contributed by atoms with van der Waals surface area (Å²) in [5.41, 5.74) is 6.57. The summed E-state index contributed by atoms with van der Waals surface area (Å²) in [5.74, 6) is 1.10. The summed E-state index contributed by atoms with van der Waals surface area (Å²) < 4.78 is 5.74. The van der Waals surface area contributed by atoms with E-state index in [0.717, 1.165) is 66.2 Å². The summed E-state index contributed by atoms with van der Waals surface area (Å²) in [6.45, 7) is 2.07. The van der Waals surface area contributed by atoms with Gasteiger partial charge in [-0.15, -0.1) is 0 Å². The highest BCUT2D eigenvalue weighted by Crippen LogP contribution is 2.31. The molecule has 0 radical (unpaired) electrons. The number of benzene rings is 2. The quantitative estimate of drug-likeness (QED) is 0.195. The first-order valence-electron chi connectivity index (χ1n) is 13.6. The van der Waals surface area contributed by atoms with Crippen molar-refractivity contribution in [2.75, 3.05) is 26.1 Å². The third-order valence-corrected chi connectivity index (χ3v) is 6.94. The van der Waals surface area contributed by atoms with E-state index < -0.39 is 5.97 Å². The SMILES string of the molecule is COc1cc(-c2nc(-c3ccc(N(C)C)cc3)c(C)[nH]2)ccc1CCCCCCCCCCCC(=O)O. The second-order valence-electron chi connectivity index (χ2n) is 10.1. The number of carboxylic acids is 1. The highest BCUT2D eigenvalue weighted by atomic mass is 16.5. The van der Waals surface area contributed by atoms with Crippen molar-refractivity contribution in [2.24, 2.45) is 0 Å². The number of H-pyrrole nitrogens is 1. The molecule has 0 fully saturated rings. The molecule has 0 aliphatic carbocycles. The van der Waals surface area contributed by atoms with Gasteiger partial charge in [-0.1, -0.05) is 69.2 Å². The van der Waals surface area contributed by atoms with Gasteiger partial charge in [0.1, 0.15) is 11.6 Å². The summed E-state index contributed by atoms with van der Waals surface area (Å²) in [5, 5.41) is 8.67. The molecule has 200 valence electrons. The fraction of sp³-hybridized carbons (Fsp3) is 0.484. The minimum Gasteiger partial charge on any atom is -0.496 e. The number of carbonyl (C=O) groups is 1. The number of nitrogens with zero attached hydrogens (tertiary/aromatic N) is 2. The average molecular weight is 506 g/mol. The lowest BCUT2D eigenvalue weighted by Crippen LogP contribution is -2.07. The van der Waals surface area contributed by atoms with Crippen molar-refractivity contribution in [3.05, 3.63) is 53.7 Å². The number of aromatic amines is 1. The molecule has 1 heterocycles. The fourth-order valence-corrected chi connectivity index (χ4v) is 4.72. The number of unbranched alkanes of at least 4 members (excludes halogenated alkanes) is 8. The van der Waals surface area contributed by atoms with Crippen molar-refractivity contribution in [1.82, 2.24) is 9.97 Å². The van der Waals surface area contributed by atoms with Crippen molar-refractivity contribution >= 4 is 11.7 Å². The molecule has 0 spiro atoms. The number of aryl methyl sites for hydroxylation is 2. The van der Waals surface area contributed by atoms with E-state index in [-0.39, 0.29) is 0 Å². The minimum absolute atomic E-state index is 0.304. The lowest BCUT2D eigenvalue weighted by molar-refractivity contribution is -0.137. The molecule has 3 aromatic rings. The molecule has 1 aromatic heterocycles. The van der Waals surface area contributed by atoms with Crippen LogP contribution in [0.25, 0.3) is 22.6 Å². The van der Waals surface area contributed by atoms with Crippen LogP contribution in [0.2, 0.25) is 0 Å². The Bertz CT molecular complexity index is 1120. The highest BCUT2D eigenvalue weighted by molar-refractivity contribution is 5.70. The molecule has 0 saturated heterocycles. The smallest absolute Gasteiger partial charge is 0.303 e. The average Bonchev–Trinajstić information content (AvgIpc) is 3.28. The number of rotatable bonds is 16. The first kappa shape index (κ1) is 28.3. The first-order valence-corrected chi connectivity index (χ1v) is 13.6. The molecule has 0 unspecified atom stereocenters. The Morgan fingerprint density at radius 1 is 0.892 bits per heavy atom. The molecule has 6 heteroatoms. The standard InChI is InChI=1S/C31H43N3O3/c1-23-30(25-18-20-27(21-19-25)34(2)3)33-31(32-23)26-17-16-24(28(22-26)37-4)14-12-10-8-6-5-7-9-11-13-15-29(35)36/h16-22H,5-15H2,1-4H3,(H,32,33)(H,35,36). The van der Waals surface area contributed by atoms with Crippen LogP contribution in [-0.4, -0.2) is 42.2 Å². The van der Waals surface area contributed by atoms with E-state index in [1.54, 1.807) is 7.11 Å². The Kier molecular flexibility index (Phi) is 11.1. The van der Waals surface area contributed by atoms with Crippen LogP contribution in [0.3, 0.4) is 0 Å². The number of nitrogens with one attached hydrogen (secondary N) is 1. The number of hydrogen-bond donors (Lipinski definition) is 2. The Morgan fingerprint density at radius 2 is 1.49 bits per heavy atom. The van der Waals surface area contributed by atoms with E-state index >= 15 is 0 Å². The number of methoxy groups -OCH3 is 1. The Morgan fingerprint density at radius 3 is 2.08 bits per heavy atom. The number of imidazole rings is 1. The summed E-state index contributed by atoms with van der Waals surface area (Å²) in [6.07, 6.45) is 11.6. The monoisotopic (exact) mass is 505 g/mol. The predicted octanol–water partition coefficient (Wildman–Crippen LogP) is 7.65. The van der Waals surface area contributed by atoms with Gasteiger partial charge in [-0.05, 0) is 49.9 Å². The normalized spacial score (nSPS) is 11.0. The highest BCUT2D eigenvalue weighted by Gasteiger charge is 2.13. The van der Waals surface area contributed by atoms with Crippen LogP contribution in [0, 0.1) is 6.92 Å². The predicted molar refractivity (Wildman–Crippen MR) is 153 cm³/mol. The maximum absolute atomic E-state index is 10.5. The molecular formula is C31H43N3O3. The van der Waals surface area contributed by atoms with Gasteiger partial charge in [-0.25, -0.2) is 4.98 Å². The summed E-state index contributed by atoms with van der Waals surface area (Å²) in [7, 11) is 5.83. The van der Waals surface area contributed by atoms with Crippen LogP contribution in [0.5, 0.6) is 5.75 Å². The van der Waals surface area contributed by atoms with Gasteiger partial charge in [-0.2, -0.15) is 0 Å². The minimum atomic E-state index is -0.682. The van der Waals surface area contributed by atoms with E-state index in [1.807, 2.05) is 14.1 Å². The first-order chi connectivity index (χ1) is 17.9. The number of ether oxygens (including phenoxy) is 1. The van der Waals surface area contributed by atoms with E-state index in [9.17, 15) is 4.79 Å². The van der Waals surface area contributed by atoms with Crippen LogP contribution in [0.15, 0.2) is 42.5 Å². The number of anilines is 1. The van der Waals surface area contributed by atoms with Gasteiger partial charge in [0.05, 0.1) is 12.8 Å². The fourth-order valence-electron chi connectivity index (χ4n) is 4.72. The van der Waals surface area contributed by atoms with Gasteiger partial charge < -0.3 is 19.7 Å². The number of aromatic nitrogens is 2. The molecule has 37 heavy (non-hydrogen) atoms. The van der Waals surface area contributed by atoms with Crippen molar-refractivity contribution in [3.63, 3.8) is 0 Å². The van der Waals surface area contributed by atoms with Crippen LogP contribution >= 0.6 is 0 Å². The zero-order valence-electron chi connectivity index (χ0n) is 23.0. The van der Waals surface area contributed by atoms with E-state index in [2.05, 4.69) is 59.3 Å². The summed E-state index contributed by atoms with van der Waals surface area (Å²) in [4.78, 5) is 21.0. The molecule has 3 rings (SSSR count). The summed E-state index contributed by atoms with van der Waals surface area (Å²) >= 11 is 0. The van der Waals surface area contributed by atoms with E-state index in [1.165, 1.54) is 43.4 Å². The molecule has 0 bridgehead atoms. The summed E-state index contributed by atoms with van der Waals surface area (Å²) in [6, 6.07) is 14.9. The molecule has 0 aliphatic rings. The second kappa shape index (κ2) is 14.5. The largest absolute Gasteiger partial charge is 0.496 e. The Labute approximate surface area is 222 Å². The Hall–Kier alpha value is -3.28. The van der Waals surface area contributed by atoms with Gasteiger partial charge >= 0.3 is 5.97 Å². The number of carboxylic acid groups (broad SMARTS) is 1. The molecule has 2 N–H and O–H groups in total. The number of hydrogen-bond acceptors (Lipinski definition) is 4. The van der Waals surface area contributed by atoms with Crippen LogP contribution < -0.4 is 9.64 Å². The third-order valence-electron chi connectivity index (χ3n) is 6.94. The lowest BCUT2D eigenvalue weighted by Gasteiger charge is -2.12. The molecule has 2 aromatic carbocycles. The third kappa shape index (κ3) is 8.66. The zero-order valence-corrected chi connectivity index (χ0v) is 23.0. The zero-order chi connectivity index (χ0) is 26.6. The van der Waals surface area contributed by atoms with Gasteiger partial charge in [0, 0.05) is 43.0 Å². The maximum atomic E-state index is 10.5.